The predicted octanol–water partition coefficient (Wildman–Crippen LogP) is 2.69. The molecule has 1 aromatic heterocycles. The van der Waals surface area contributed by atoms with Gasteiger partial charge in [0.1, 0.15) is 5.60 Å². The van der Waals surface area contributed by atoms with Crippen LogP contribution in [0.15, 0.2) is 10.7 Å². The average Bonchev–Trinajstić information content (AvgIpc) is 2.45. The van der Waals surface area contributed by atoms with Crippen molar-refractivity contribution in [2.75, 3.05) is 31.6 Å². The SMILES string of the molecule is COc1nc(N2CCN(C(=O)OC(C)(C)C)[C@H](C)C2)ncc1Br. The summed E-state index contributed by atoms with van der Waals surface area (Å²) in [6.07, 6.45) is 1.39. The van der Waals surface area contributed by atoms with Crippen LogP contribution in [0.25, 0.3) is 0 Å². The molecule has 7 nitrogen and oxygen atoms in total. The molecule has 0 aromatic carbocycles. The molecule has 2 heterocycles. The normalized spacial score (nSPS) is 18.8. The Kier molecular flexibility index (Phi) is 5.33. The molecular weight excluding hydrogens is 364 g/mol. The molecule has 0 saturated carbocycles. The number of hydrogen-bond donors (Lipinski definition) is 0. The van der Waals surface area contributed by atoms with Gasteiger partial charge in [0, 0.05) is 25.7 Å². The van der Waals surface area contributed by atoms with Crippen molar-refractivity contribution >= 4 is 28.0 Å². The van der Waals surface area contributed by atoms with E-state index in [0.29, 0.717) is 35.9 Å². The zero-order chi connectivity index (χ0) is 17.2. The summed E-state index contributed by atoms with van der Waals surface area (Å²) in [6.45, 7) is 9.46. The highest BCUT2D eigenvalue weighted by Crippen LogP contribution is 2.25. The molecule has 1 fully saturated rings. The molecule has 0 bridgehead atoms. The van der Waals surface area contributed by atoms with Gasteiger partial charge in [0.2, 0.25) is 11.8 Å². The van der Waals surface area contributed by atoms with Gasteiger partial charge in [-0.25, -0.2) is 9.78 Å². The molecule has 1 aliphatic rings. The minimum atomic E-state index is -0.490. The number of hydrogen-bond acceptors (Lipinski definition) is 6. The van der Waals surface area contributed by atoms with Crippen molar-refractivity contribution in [2.45, 2.75) is 39.3 Å². The van der Waals surface area contributed by atoms with Crippen molar-refractivity contribution in [3.8, 4) is 5.88 Å². The minimum absolute atomic E-state index is 0.0110. The number of anilines is 1. The Labute approximate surface area is 145 Å². The number of piperazine rings is 1. The van der Waals surface area contributed by atoms with E-state index in [-0.39, 0.29) is 12.1 Å². The lowest BCUT2D eigenvalue weighted by atomic mass is 10.2. The second kappa shape index (κ2) is 6.90. The number of rotatable bonds is 2. The van der Waals surface area contributed by atoms with Gasteiger partial charge in [-0.15, -0.1) is 0 Å². The van der Waals surface area contributed by atoms with Crippen LogP contribution in [0.5, 0.6) is 5.88 Å². The minimum Gasteiger partial charge on any atom is -0.480 e. The van der Waals surface area contributed by atoms with Gasteiger partial charge in [-0.05, 0) is 43.6 Å². The van der Waals surface area contributed by atoms with Crippen LogP contribution < -0.4 is 9.64 Å². The van der Waals surface area contributed by atoms with Crippen LogP contribution >= 0.6 is 15.9 Å². The number of ether oxygens (including phenoxy) is 2. The largest absolute Gasteiger partial charge is 0.480 e. The summed E-state index contributed by atoms with van der Waals surface area (Å²) in [6, 6.07) is 0.0110. The van der Waals surface area contributed by atoms with Crippen molar-refractivity contribution in [1.82, 2.24) is 14.9 Å². The first-order valence-corrected chi connectivity index (χ1v) is 8.31. The highest BCUT2D eigenvalue weighted by molar-refractivity contribution is 9.10. The van der Waals surface area contributed by atoms with E-state index >= 15 is 0 Å². The fourth-order valence-corrected chi connectivity index (χ4v) is 2.72. The third-order valence-electron chi connectivity index (χ3n) is 3.43. The van der Waals surface area contributed by atoms with E-state index in [0.717, 1.165) is 0 Å². The fourth-order valence-electron chi connectivity index (χ4n) is 2.37. The van der Waals surface area contributed by atoms with Crippen molar-refractivity contribution in [3.05, 3.63) is 10.7 Å². The molecule has 1 amide bonds. The Morgan fingerprint density at radius 2 is 2.09 bits per heavy atom. The van der Waals surface area contributed by atoms with Crippen LogP contribution in [0.3, 0.4) is 0 Å². The molecule has 23 heavy (non-hydrogen) atoms. The van der Waals surface area contributed by atoms with Crippen LogP contribution in [0.4, 0.5) is 10.7 Å². The van der Waals surface area contributed by atoms with Gasteiger partial charge in [-0.3, -0.25) is 0 Å². The van der Waals surface area contributed by atoms with Crippen molar-refractivity contribution in [2.24, 2.45) is 0 Å². The first kappa shape index (κ1) is 17.8. The van der Waals surface area contributed by atoms with E-state index < -0.39 is 5.60 Å². The Hall–Kier alpha value is -1.57. The zero-order valence-electron chi connectivity index (χ0n) is 14.2. The van der Waals surface area contributed by atoms with Gasteiger partial charge in [0.25, 0.3) is 0 Å². The van der Waals surface area contributed by atoms with Crippen molar-refractivity contribution in [3.63, 3.8) is 0 Å². The lowest BCUT2D eigenvalue weighted by Crippen LogP contribution is -2.55. The lowest BCUT2D eigenvalue weighted by molar-refractivity contribution is 0.0158. The quantitative estimate of drug-likeness (QED) is 0.778. The molecule has 0 unspecified atom stereocenters. The lowest BCUT2D eigenvalue weighted by Gasteiger charge is -2.40. The molecular formula is C15H23BrN4O3. The van der Waals surface area contributed by atoms with E-state index in [1.165, 1.54) is 0 Å². The molecule has 1 aromatic rings. The molecule has 128 valence electrons. The fraction of sp³-hybridized carbons (Fsp3) is 0.667. The summed E-state index contributed by atoms with van der Waals surface area (Å²) < 4.78 is 11.4. The summed E-state index contributed by atoms with van der Waals surface area (Å²) in [5.41, 5.74) is -0.490. The average molecular weight is 387 g/mol. The third-order valence-corrected chi connectivity index (χ3v) is 3.97. The summed E-state index contributed by atoms with van der Waals surface area (Å²) in [5.74, 6) is 1.10. The first-order chi connectivity index (χ1) is 10.7. The summed E-state index contributed by atoms with van der Waals surface area (Å²) in [4.78, 5) is 24.7. The second-order valence-electron chi connectivity index (χ2n) is 6.50. The molecule has 1 atom stereocenters. The van der Waals surface area contributed by atoms with Gasteiger partial charge < -0.3 is 19.3 Å². The predicted molar refractivity (Wildman–Crippen MR) is 90.9 cm³/mol. The maximum atomic E-state index is 12.2. The number of nitrogens with zero attached hydrogens (tertiary/aromatic N) is 4. The van der Waals surface area contributed by atoms with E-state index in [4.69, 9.17) is 9.47 Å². The molecule has 8 heteroatoms. The van der Waals surface area contributed by atoms with Crippen LogP contribution in [-0.2, 0) is 4.74 Å². The first-order valence-electron chi connectivity index (χ1n) is 7.52. The molecule has 0 N–H and O–H groups in total. The standard InChI is InChI=1S/C15H23BrN4O3/c1-10-9-19(13-17-8-11(16)12(18-13)22-5)6-7-20(10)14(21)23-15(2,3)4/h8,10H,6-7,9H2,1-5H3/t10-/m1/s1. The van der Waals surface area contributed by atoms with Crippen LogP contribution in [0, 0.1) is 0 Å². The number of methoxy groups -OCH3 is 1. The molecule has 2 rings (SSSR count). The number of carbonyl (C=O) groups is 1. The molecule has 1 saturated heterocycles. The maximum Gasteiger partial charge on any atom is 0.410 e. The van der Waals surface area contributed by atoms with E-state index in [1.807, 2.05) is 32.6 Å². The smallest absolute Gasteiger partial charge is 0.410 e. The Morgan fingerprint density at radius 3 is 2.65 bits per heavy atom. The van der Waals surface area contributed by atoms with Crippen molar-refractivity contribution in [1.29, 1.82) is 0 Å². The number of amides is 1. The Balaban J connectivity index is 2.05. The van der Waals surface area contributed by atoms with Gasteiger partial charge >= 0.3 is 6.09 Å². The monoisotopic (exact) mass is 386 g/mol. The van der Waals surface area contributed by atoms with Crippen LogP contribution in [0.1, 0.15) is 27.7 Å². The van der Waals surface area contributed by atoms with Gasteiger partial charge in [0.05, 0.1) is 17.8 Å². The zero-order valence-corrected chi connectivity index (χ0v) is 15.8. The molecule has 1 aliphatic heterocycles. The summed E-state index contributed by atoms with van der Waals surface area (Å²) in [5, 5.41) is 0. The van der Waals surface area contributed by atoms with E-state index in [2.05, 4.69) is 25.9 Å². The van der Waals surface area contributed by atoms with E-state index in [9.17, 15) is 4.79 Å². The third kappa shape index (κ3) is 4.46. The summed E-state index contributed by atoms with van der Waals surface area (Å²) >= 11 is 3.35. The van der Waals surface area contributed by atoms with Crippen LogP contribution in [0.2, 0.25) is 0 Å². The van der Waals surface area contributed by atoms with Crippen LogP contribution in [-0.4, -0.2) is 59.3 Å². The van der Waals surface area contributed by atoms with Gasteiger partial charge in [-0.1, -0.05) is 0 Å². The Morgan fingerprint density at radius 1 is 1.39 bits per heavy atom. The molecule has 0 radical (unpaired) electrons. The topological polar surface area (TPSA) is 67.8 Å². The highest BCUT2D eigenvalue weighted by Gasteiger charge is 2.31. The number of aromatic nitrogens is 2. The molecule has 0 spiro atoms. The van der Waals surface area contributed by atoms with E-state index in [1.54, 1.807) is 18.2 Å². The second-order valence-corrected chi connectivity index (χ2v) is 7.35. The van der Waals surface area contributed by atoms with Gasteiger partial charge in [-0.2, -0.15) is 4.98 Å². The molecule has 0 aliphatic carbocycles. The Bertz CT molecular complexity index is 576. The van der Waals surface area contributed by atoms with Crippen molar-refractivity contribution < 1.29 is 14.3 Å². The number of carbonyl (C=O) groups excluding carboxylic acids is 1. The van der Waals surface area contributed by atoms with Gasteiger partial charge in [0.15, 0.2) is 0 Å². The number of halogens is 1. The maximum absolute atomic E-state index is 12.2. The summed E-state index contributed by atoms with van der Waals surface area (Å²) in [7, 11) is 1.57. The highest BCUT2D eigenvalue weighted by atomic mass is 79.9.